The molecule has 2 atom stereocenters. The van der Waals surface area contributed by atoms with Gasteiger partial charge in [-0.3, -0.25) is 0 Å². The van der Waals surface area contributed by atoms with E-state index < -0.39 is 0 Å². The van der Waals surface area contributed by atoms with E-state index in [1.807, 2.05) is 0 Å². The average molecular weight is 447 g/mol. The van der Waals surface area contributed by atoms with Gasteiger partial charge in [0.2, 0.25) is 35.7 Å². The molecule has 3 rings (SSSR count). The number of nitrogens with zero attached hydrogens (tertiary/aromatic N) is 6. The molecule has 14 heteroatoms. The summed E-state index contributed by atoms with van der Waals surface area (Å²) in [7, 11) is 0. The summed E-state index contributed by atoms with van der Waals surface area (Å²) in [4.78, 5) is 23.6. The van der Waals surface area contributed by atoms with Crippen molar-refractivity contribution in [3.8, 4) is 0 Å². The summed E-state index contributed by atoms with van der Waals surface area (Å²) in [6.45, 7) is 3.24. The van der Waals surface area contributed by atoms with E-state index in [4.69, 9.17) is 22.9 Å². The molecule has 0 aliphatic heterocycles. The monoisotopic (exact) mass is 446 g/mol. The fourth-order valence-corrected chi connectivity index (χ4v) is 3.75. The van der Waals surface area contributed by atoms with Gasteiger partial charge in [0.15, 0.2) is 0 Å². The Morgan fingerprint density at radius 3 is 1.31 bits per heavy atom. The summed E-state index contributed by atoms with van der Waals surface area (Å²) in [5.74, 6) is 1.28. The van der Waals surface area contributed by atoms with Crippen LogP contribution in [0.1, 0.15) is 38.5 Å². The van der Waals surface area contributed by atoms with Crippen molar-refractivity contribution < 1.29 is 0 Å². The van der Waals surface area contributed by atoms with Crippen molar-refractivity contribution in [3.05, 3.63) is 0 Å². The molecule has 0 aromatic carbocycles. The molecule has 0 spiro atoms. The molecule has 0 amide bonds. The topological polar surface area (TPSA) is 230 Å². The number of nitrogen functional groups attached to an aromatic ring is 4. The average Bonchev–Trinajstić information content (AvgIpc) is 2.73. The number of nitrogens with two attached hydrogens (primary N) is 4. The third-order valence-electron chi connectivity index (χ3n) is 5.19. The van der Waals surface area contributed by atoms with Crippen LogP contribution in [0.2, 0.25) is 0 Å². The van der Waals surface area contributed by atoms with Crippen molar-refractivity contribution in [1.29, 1.82) is 0 Å². The van der Waals surface area contributed by atoms with Crippen LogP contribution in [0.25, 0.3) is 0 Å². The predicted octanol–water partition coefficient (Wildman–Crippen LogP) is -0.820. The van der Waals surface area contributed by atoms with Crippen LogP contribution < -0.4 is 44.2 Å². The van der Waals surface area contributed by atoms with Crippen LogP contribution in [-0.2, 0) is 0 Å². The van der Waals surface area contributed by atoms with Crippen molar-refractivity contribution in [3.63, 3.8) is 0 Å². The molecular formula is C18H34N14. The van der Waals surface area contributed by atoms with E-state index in [1.165, 1.54) is 25.7 Å². The maximum atomic E-state index is 5.58. The molecule has 0 bridgehead atoms. The summed E-state index contributed by atoms with van der Waals surface area (Å²) in [5.41, 5.74) is 22.3. The van der Waals surface area contributed by atoms with E-state index in [-0.39, 0.29) is 23.8 Å². The highest BCUT2D eigenvalue weighted by molar-refractivity contribution is 5.37. The summed E-state index contributed by atoms with van der Waals surface area (Å²) >= 11 is 0. The number of aromatic nitrogens is 6. The van der Waals surface area contributed by atoms with Gasteiger partial charge in [0, 0.05) is 25.2 Å². The van der Waals surface area contributed by atoms with Gasteiger partial charge in [0.1, 0.15) is 0 Å². The standard InChI is InChI=1S/C18H34N14/c19-13-27-14(20)30-17(29-13)25-9-3-7-23-11-5-1-2-6-12(11)24-8-4-10-26-18-31-15(21)28-16(22)32-18/h11-12,23-24H,1-10H2,(H5,19,20,25,27,29,30)(H5,21,22,26,28,31,32). The van der Waals surface area contributed by atoms with Crippen LogP contribution in [0.4, 0.5) is 35.7 Å². The van der Waals surface area contributed by atoms with Gasteiger partial charge >= 0.3 is 0 Å². The highest BCUT2D eigenvalue weighted by Gasteiger charge is 2.23. The van der Waals surface area contributed by atoms with E-state index in [0.717, 1.165) is 39.0 Å². The Morgan fingerprint density at radius 2 is 0.938 bits per heavy atom. The van der Waals surface area contributed by atoms with E-state index >= 15 is 0 Å². The number of anilines is 6. The first-order chi connectivity index (χ1) is 15.5. The molecule has 0 saturated heterocycles. The van der Waals surface area contributed by atoms with Crippen LogP contribution in [0.3, 0.4) is 0 Å². The minimum absolute atomic E-state index is 0.117. The van der Waals surface area contributed by atoms with Gasteiger partial charge in [-0.15, -0.1) is 0 Å². The Balaban J connectivity index is 1.30. The Bertz CT molecular complexity index is 736. The molecule has 2 unspecified atom stereocenters. The van der Waals surface area contributed by atoms with Crippen LogP contribution in [0.15, 0.2) is 0 Å². The zero-order chi connectivity index (χ0) is 22.8. The first-order valence-corrected chi connectivity index (χ1v) is 11.0. The number of hydrogen-bond donors (Lipinski definition) is 8. The van der Waals surface area contributed by atoms with Crippen molar-refractivity contribution >= 4 is 35.7 Å². The lowest BCUT2D eigenvalue weighted by molar-refractivity contribution is 0.284. The van der Waals surface area contributed by atoms with Gasteiger partial charge < -0.3 is 44.2 Å². The fraction of sp³-hybridized carbons (Fsp3) is 0.667. The lowest BCUT2D eigenvalue weighted by atomic mass is 9.90. The number of hydrogen-bond acceptors (Lipinski definition) is 14. The summed E-state index contributed by atoms with van der Waals surface area (Å²) < 4.78 is 0. The maximum Gasteiger partial charge on any atom is 0.229 e. The van der Waals surface area contributed by atoms with Crippen LogP contribution in [0.5, 0.6) is 0 Å². The highest BCUT2D eigenvalue weighted by Crippen LogP contribution is 2.18. The van der Waals surface area contributed by atoms with Crippen LogP contribution >= 0.6 is 0 Å². The van der Waals surface area contributed by atoms with Crippen molar-refractivity contribution in [2.45, 2.75) is 50.6 Å². The second kappa shape index (κ2) is 12.0. The molecule has 1 aliphatic carbocycles. The lowest BCUT2D eigenvalue weighted by Gasteiger charge is -2.33. The second-order valence-corrected chi connectivity index (χ2v) is 7.72. The molecule has 32 heavy (non-hydrogen) atoms. The largest absolute Gasteiger partial charge is 0.368 e. The Kier molecular flexibility index (Phi) is 8.74. The second-order valence-electron chi connectivity index (χ2n) is 7.72. The zero-order valence-corrected chi connectivity index (χ0v) is 18.2. The normalized spacial score (nSPS) is 18.4. The van der Waals surface area contributed by atoms with E-state index in [1.54, 1.807) is 0 Å². The maximum absolute atomic E-state index is 5.58. The van der Waals surface area contributed by atoms with Gasteiger partial charge in [-0.05, 0) is 38.8 Å². The van der Waals surface area contributed by atoms with Crippen molar-refractivity contribution in [1.82, 2.24) is 40.5 Å². The molecule has 0 radical (unpaired) electrons. The van der Waals surface area contributed by atoms with Gasteiger partial charge in [0.05, 0.1) is 0 Å². The van der Waals surface area contributed by atoms with Gasteiger partial charge in [-0.25, -0.2) is 0 Å². The minimum atomic E-state index is 0.117. The predicted molar refractivity (Wildman–Crippen MR) is 126 cm³/mol. The van der Waals surface area contributed by atoms with E-state index in [9.17, 15) is 0 Å². The third-order valence-corrected chi connectivity index (χ3v) is 5.19. The van der Waals surface area contributed by atoms with Gasteiger partial charge in [0.25, 0.3) is 0 Å². The smallest absolute Gasteiger partial charge is 0.229 e. The first-order valence-electron chi connectivity index (χ1n) is 11.0. The zero-order valence-electron chi connectivity index (χ0n) is 18.2. The molecule has 12 N–H and O–H groups in total. The fourth-order valence-electron chi connectivity index (χ4n) is 3.75. The van der Waals surface area contributed by atoms with E-state index in [2.05, 4.69) is 51.2 Å². The summed E-state index contributed by atoms with van der Waals surface area (Å²) in [6, 6.07) is 0.923. The molecule has 2 aromatic rings. The summed E-state index contributed by atoms with van der Waals surface area (Å²) in [5, 5.41) is 13.6. The van der Waals surface area contributed by atoms with Gasteiger partial charge in [-0.2, -0.15) is 29.9 Å². The molecule has 2 aromatic heterocycles. The van der Waals surface area contributed by atoms with Crippen molar-refractivity contribution in [2.75, 3.05) is 59.7 Å². The first kappa shape index (κ1) is 23.4. The molecule has 176 valence electrons. The molecule has 14 nitrogen and oxygen atoms in total. The number of nitrogens with one attached hydrogen (secondary N) is 4. The Morgan fingerprint density at radius 1 is 0.562 bits per heavy atom. The van der Waals surface area contributed by atoms with Crippen LogP contribution in [-0.4, -0.2) is 68.2 Å². The molecule has 1 aliphatic rings. The SMILES string of the molecule is Nc1nc(N)nc(NCCCNC2CCCCC2NCCCNc2nc(N)nc(N)n2)n1. The Hall–Kier alpha value is -3.26. The van der Waals surface area contributed by atoms with Crippen LogP contribution in [0, 0.1) is 0 Å². The van der Waals surface area contributed by atoms with Crippen molar-refractivity contribution in [2.24, 2.45) is 0 Å². The molecular weight excluding hydrogens is 412 g/mol. The Labute approximate surface area is 187 Å². The molecule has 1 fully saturated rings. The minimum Gasteiger partial charge on any atom is -0.368 e. The quantitative estimate of drug-likeness (QED) is 0.186. The van der Waals surface area contributed by atoms with E-state index in [0.29, 0.717) is 24.0 Å². The highest BCUT2D eigenvalue weighted by atomic mass is 15.2. The number of rotatable bonds is 12. The molecule has 1 saturated carbocycles. The molecule has 2 heterocycles. The summed E-state index contributed by atoms with van der Waals surface area (Å²) in [6.07, 6.45) is 6.71. The third kappa shape index (κ3) is 7.77. The lowest BCUT2D eigenvalue weighted by Crippen LogP contribution is -2.50. The van der Waals surface area contributed by atoms with Gasteiger partial charge in [-0.1, -0.05) is 12.8 Å².